The van der Waals surface area contributed by atoms with Gasteiger partial charge < -0.3 is 19.4 Å². The SMILES string of the molecule is CCn1c(COc2ccc(OC)cc2)nnc1SCC(=O)Nc1ccc(F)c(F)c1F. The number of thioether (sulfide) groups is 1. The Morgan fingerprint density at radius 3 is 2.45 bits per heavy atom. The Morgan fingerprint density at radius 2 is 1.77 bits per heavy atom. The minimum Gasteiger partial charge on any atom is -0.497 e. The molecule has 2 aromatic carbocycles. The molecule has 0 saturated heterocycles. The zero-order chi connectivity index (χ0) is 22.4. The summed E-state index contributed by atoms with van der Waals surface area (Å²) in [6, 6.07) is 8.78. The molecular weight excluding hydrogens is 433 g/mol. The third-order valence-corrected chi connectivity index (χ3v) is 5.15. The quantitative estimate of drug-likeness (QED) is 0.390. The zero-order valence-corrected chi connectivity index (χ0v) is 17.5. The van der Waals surface area contributed by atoms with Gasteiger partial charge in [0.2, 0.25) is 5.91 Å². The van der Waals surface area contributed by atoms with Crippen molar-refractivity contribution < 1.29 is 27.4 Å². The van der Waals surface area contributed by atoms with Crippen molar-refractivity contribution >= 4 is 23.4 Å². The maximum absolute atomic E-state index is 13.7. The lowest BCUT2D eigenvalue weighted by atomic mass is 10.3. The molecule has 7 nitrogen and oxygen atoms in total. The van der Waals surface area contributed by atoms with Crippen LogP contribution in [0.5, 0.6) is 11.5 Å². The molecule has 0 bridgehead atoms. The number of nitrogens with one attached hydrogen (secondary N) is 1. The van der Waals surface area contributed by atoms with Gasteiger partial charge in [-0.3, -0.25) is 4.79 Å². The molecule has 3 aromatic rings. The second-order valence-corrected chi connectivity index (χ2v) is 7.11. The number of hydrogen-bond donors (Lipinski definition) is 1. The van der Waals surface area contributed by atoms with E-state index in [1.807, 2.05) is 6.92 Å². The number of hydrogen-bond acceptors (Lipinski definition) is 6. The molecule has 0 aliphatic heterocycles. The molecule has 0 radical (unpaired) electrons. The van der Waals surface area contributed by atoms with Gasteiger partial charge in [-0.1, -0.05) is 11.8 Å². The number of methoxy groups -OCH3 is 1. The monoisotopic (exact) mass is 452 g/mol. The Morgan fingerprint density at radius 1 is 1.06 bits per heavy atom. The first-order valence-electron chi connectivity index (χ1n) is 9.18. The molecule has 1 aromatic heterocycles. The third kappa shape index (κ3) is 5.48. The van der Waals surface area contributed by atoms with E-state index in [2.05, 4.69) is 15.5 Å². The van der Waals surface area contributed by atoms with Gasteiger partial charge in [0.15, 0.2) is 28.4 Å². The maximum atomic E-state index is 13.7. The Balaban J connectivity index is 1.58. The van der Waals surface area contributed by atoms with E-state index >= 15 is 0 Å². The number of rotatable bonds is 9. The topological polar surface area (TPSA) is 78.3 Å². The van der Waals surface area contributed by atoms with Gasteiger partial charge in [0.25, 0.3) is 0 Å². The van der Waals surface area contributed by atoms with Gasteiger partial charge in [0.05, 0.1) is 18.6 Å². The number of amides is 1. The normalized spacial score (nSPS) is 10.7. The average Bonchev–Trinajstić information content (AvgIpc) is 3.18. The summed E-state index contributed by atoms with van der Waals surface area (Å²) in [4.78, 5) is 12.1. The maximum Gasteiger partial charge on any atom is 0.234 e. The first-order chi connectivity index (χ1) is 14.9. The third-order valence-electron chi connectivity index (χ3n) is 4.18. The highest BCUT2D eigenvalue weighted by Gasteiger charge is 2.17. The van der Waals surface area contributed by atoms with E-state index in [0.29, 0.717) is 29.0 Å². The summed E-state index contributed by atoms with van der Waals surface area (Å²) >= 11 is 1.07. The molecule has 1 N–H and O–H groups in total. The molecule has 0 aliphatic rings. The number of anilines is 1. The molecule has 0 fully saturated rings. The van der Waals surface area contributed by atoms with Crippen molar-refractivity contribution in [3.63, 3.8) is 0 Å². The van der Waals surface area contributed by atoms with Gasteiger partial charge in [-0.15, -0.1) is 10.2 Å². The first kappa shape index (κ1) is 22.5. The van der Waals surface area contributed by atoms with Crippen LogP contribution in [0, 0.1) is 17.5 Å². The van der Waals surface area contributed by atoms with Crippen LogP contribution in [0.15, 0.2) is 41.6 Å². The van der Waals surface area contributed by atoms with Crippen LogP contribution in [0.4, 0.5) is 18.9 Å². The molecule has 0 saturated carbocycles. The molecule has 0 aliphatic carbocycles. The lowest BCUT2D eigenvalue weighted by molar-refractivity contribution is -0.113. The summed E-state index contributed by atoms with van der Waals surface area (Å²) in [5.41, 5.74) is -0.435. The highest BCUT2D eigenvalue weighted by atomic mass is 32.2. The van der Waals surface area contributed by atoms with E-state index in [4.69, 9.17) is 9.47 Å². The molecule has 1 amide bonds. The van der Waals surface area contributed by atoms with Crippen LogP contribution in [-0.2, 0) is 17.9 Å². The summed E-state index contributed by atoms with van der Waals surface area (Å²) in [5, 5.41) is 10.8. The number of aromatic nitrogens is 3. The number of ether oxygens (including phenoxy) is 2. The molecule has 164 valence electrons. The predicted octanol–water partition coefficient (Wildman–Crippen LogP) is 4.03. The van der Waals surface area contributed by atoms with Crippen LogP contribution in [0.1, 0.15) is 12.7 Å². The number of carbonyl (C=O) groups is 1. The average molecular weight is 452 g/mol. The molecular formula is C20H19F3N4O3S. The molecule has 0 unspecified atom stereocenters. The van der Waals surface area contributed by atoms with E-state index < -0.39 is 29.0 Å². The van der Waals surface area contributed by atoms with E-state index in [1.54, 1.807) is 35.9 Å². The van der Waals surface area contributed by atoms with Gasteiger partial charge in [-0.25, -0.2) is 13.2 Å². The van der Waals surface area contributed by atoms with Crippen LogP contribution >= 0.6 is 11.8 Å². The standard InChI is InChI=1S/C20H19F3N4O3S/c1-3-27-16(10-30-13-6-4-12(29-2)5-7-13)25-26-20(27)31-11-17(28)24-15-9-8-14(21)18(22)19(15)23/h4-9H,3,10-11H2,1-2H3,(H,24,28). The summed E-state index contributed by atoms with van der Waals surface area (Å²) < 4.78 is 52.6. The lowest BCUT2D eigenvalue weighted by Gasteiger charge is -2.10. The number of halogens is 3. The van der Waals surface area contributed by atoms with Crippen molar-refractivity contribution in [1.29, 1.82) is 0 Å². The van der Waals surface area contributed by atoms with E-state index in [9.17, 15) is 18.0 Å². The molecule has 31 heavy (non-hydrogen) atoms. The highest BCUT2D eigenvalue weighted by Crippen LogP contribution is 2.22. The van der Waals surface area contributed by atoms with Gasteiger partial charge in [0, 0.05) is 6.54 Å². The van der Waals surface area contributed by atoms with Gasteiger partial charge in [0.1, 0.15) is 18.1 Å². The fraction of sp³-hybridized carbons (Fsp3) is 0.250. The lowest BCUT2D eigenvalue weighted by Crippen LogP contribution is -2.16. The number of benzene rings is 2. The number of nitrogens with zero attached hydrogens (tertiary/aromatic N) is 3. The molecule has 0 spiro atoms. The van der Waals surface area contributed by atoms with Crippen molar-refractivity contribution in [3.8, 4) is 11.5 Å². The Bertz CT molecular complexity index is 1060. The van der Waals surface area contributed by atoms with Crippen molar-refractivity contribution in [2.24, 2.45) is 0 Å². The largest absolute Gasteiger partial charge is 0.497 e. The number of carbonyl (C=O) groups excluding carboxylic acids is 1. The van der Waals surface area contributed by atoms with Crippen molar-refractivity contribution in [1.82, 2.24) is 14.8 Å². The first-order valence-corrected chi connectivity index (χ1v) is 10.2. The minimum atomic E-state index is -1.64. The minimum absolute atomic E-state index is 0.129. The van der Waals surface area contributed by atoms with Crippen LogP contribution < -0.4 is 14.8 Å². The van der Waals surface area contributed by atoms with Gasteiger partial charge in [-0.05, 0) is 43.3 Å². The van der Waals surface area contributed by atoms with E-state index in [0.717, 1.165) is 23.9 Å². The summed E-state index contributed by atoms with van der Waals surface area (Å²) in [5.74, 6) is -3.24. The van der Waals surface area contributed by atoms with Gasteiger partial charge in [-0.2, -0.15) is 0 Å². The molecule has 1 heterocycles. The van der Waals surface area contributed by atoms with Crippen LogP contribution in [-0.4, -0.2) is 33.5 Å². The van der Waals surface area contributed by atoms with Crippen molar-refractivity contribution in [2.45, 2.75) is 25.2 Å². The van der Waals surface area contributed by atoms with Crippen molar-refractivity contribution in [3.05, 3.63) is 59.7 Å². The Labute approximate surface area is 180 Å². The molecule has 11 heteroatoms. The molecule has 3 rings (SSSR count). The zero-order valence-electron chi connectivity index (χ0n) is 16.7. The second-order valence-electron chi connectivity index (χ2n) is 6.17. The highest BCUT2D eigenvalue weighted by molar-refractivity contribution is 7.99. The van der Waals surface area contributed by atoms with Crippen molar-refractivity contribution in [2.75, 3.05) is 18.2 Å². The summed E-state index contributed by atoms with van der Waals surface area (Å²) in [6.45, 7) is 2.59. The second kappa shape index (κ2) is 10.2. The Hall–Kier alpha value is -3.21. The van der Waals surface area contributed by atoms with Gasteiger partial charge >= 0.3 is 0 Å². The van der Waals surface area contributed by atoms with Crippen LogP contribution in [0.25, 0.3) is 0 Å². The smallest absolute Gasteiger partial charge is 0.234 e. The van der Waals surface area contributed by atoms with E-state index in [-0.39, 0.29) is 12.4 Å². The molecule has 0 atom stereocenters. The fourth-order valence-corrected chi connectivity index (χ4v) is 3.43. The van der Waals surface area contributed by atoms with Crippen LogP contribution in [0.3, 0.4) is 0 Å². The summed E-state index contributed by atoms with van der Waals surface area (Å²) in [6.07, 6.45) is 0. The van der Waals surface area contributed by atoms with Crippen LogP contribution in [0.2, 0.25) is 0 Å². The fourth-order valence-electron chi connectivity index (χ4n) is 2.61. The predicted molar refractivity (Wildman–Crippen MR) is 109 cm³/mol. The van der Waals surface area contributed by atoms with E-state index in [1.165, 1.54) is 0 Å². The Kier molecular flexibility index (Phi) is 7.40. The summed E-state index contributed by atoms with van der Waals surface area (Å²) in [7, 11) is 1.58.